The maximum absolute atomic E-state index is 9.09. The van der Waals surface area contributed by atoms with Crippen LogP contribution in [0.4, 0.5) is 0 Å². The fourth-order valence-electron chi connectivity index (χ4n) is 11.0. The first-order valence-electron chi connectivity index (χ1n) is 27.9. The second-order valence-corrected chi connectivity index (χ2v) is 23.3. The van der Waals surface area contributed by atoms with E-state index in [2.05, 4.69) is 203 Å². The van der Waals surface area contributed by atoms with Gasteiger partial charge in [0, 0.05) is 25.8 Å². The molecule has 7 aromatic carbocycles. The molecule has 0 aliphatic rings. The molecular formula is C69H74N4O. The van der Waals surface area contributed by atoms with Gasteiger partial charge in [0.2, 0.25) is 0 Å². The van der Waals surface area contributed by atoms with E-state index in [1.54, 1.807) is 12.3 Å². The SMILES string of the molecule is [2H]C([2H])(c1ccnc(-n2c3ccccc3c3ccc(Oc4cccc(-n5[c-][n+](-c6c(-c7cc(CC(C)C)cc(CC(C)C)c7)cccc6-c6cc(CC(C)C)cc(CC(C)C)c6)c6ccccc65)c4)cc32)c1)C(C)(C)C. The molecule has 376 valence electrons. The molecule has 5 heteroatoms. The molecule has 3 aromatic heterocycles. The Kier molecular flexibility index (Phi) is 13.5. The van der Waals surface area contributed by atoms with Gasteiger partial charge in [-0.1, -0.05) is 179 Å². The first-order valence-corrected chi connectivity index (χ1v) is 26.9. The second-order valence-electron chi connectivity index (χ2n) is 23.3. The molecule has 0 radical (unpaired) electrons. The third-order valence-electron chi connectivity index (χ3n) is 13.6. The lowest BCUT2D eigenvalue weighted by Gasteiger charge is -2.20. The van der Waals surface area contributed by atoms with Crippen LogP contribution in [0.1, 0.15) is 107 Å². The van der Waals surface area contributed by atoms with Gasteiger partial charge in [0.1, 0.15) is 17.3 Å². The summed E-state index contributed by atoms with van der Waals surface area (Å²) >= 11 is 0. The molecule has 0 aliphatic carbocycles. The Labute approximate surface area is 443 Å². The highest BCUT2D eigenvalue weighted by atomic mass is 16.5. The summed E-state index contributed by atoms with van der Waals surface area (Å²) in [5, 5.41) is 2.15. The minimum atomic E-state index is -1.58. The standard InChI is InChI=1S/C69H74N4O/c1-45(2)30-50-34-51(31-46(3)4)37-54(36-50)59-21-17-22-60(55-38-52(32-47(5)6)35-53(39-55)33-48(7)8)68(59)72-44-71(64-24-14-15-25-65(64)72)56-18-16-19-57(41-56)74-58-26-27-62-61-20-12-13-23-63(61)73(66(62)42-58)67-40-49(28-29-70-67)43-69(9,10)11/h12-29,34-42,45-48H,30-33,43H2,1-11H3/i43D2. The third kappa shape index (κ3) is 11.0. The number of ether oxygens (including phenoxy) is 1. The van der Waals surface area contributed by atoms with Gasteiger partial charge in [0.25, 0.3) is 6.33 Å². The fourth-order valence-corrected chi connectivity index (χ4v) is 11.0. The van der Waals surface area contributed by atoms with Crippen LogP contribution in [-0.4, -0.2) is 14.1 Å². The van der Waals surface area contributed by atoms with Crippen LogP contribution in [0.25, 0.3) is 72.3 Å². The van der Waals surface area contributed by atoms with E-state index in [0.29, 0.717) is 46.6 Å². The average Bonchev–Trinajstić information content (AvgIpc) is 4.01. The second kappa shape index (κ2) is 20.9. The van der Waals surface area contributed by atoms with Gasteiger partial charge in [-0.05, 0) is 160 Å². The van der Waals surface area contributed by atoms with E-state index in [4.69, 9.17) is 12.5 Å². The molecule has 0 fully saturated rings. The fraction of sp³-hybridized carbons (Fsp3) is 0.304. The highest BCUT2D eigenvalue weighted by Crippen LogP contribution is 2.39. The first-order chi connectivity index (χ1) is 36.3. The van der Waals surface area contributed by atoms with Gasteiger partial charge >= 0.3 is 0 Å². The number of hydrogen-bond donors (Lipinski definition) is 0. The summed E-state index contributed by atoms with van der Waals surface area (Å²) in [5.41, 5.74) is 16.3. The lowest BCUT2D eigenvalue weighted by atomic mass is 9.88. The van der Waals surface area contributed by atoms with Gasteiger partial charge in [-0.2, -0.15) is 0 Å². The molecule has 0 bridgehead atoms. The van der Waals surface area contributed by atoms with Gasteiger partial charge in [-0.25, -0.2) is 4.98 Å². The first kappa shape index (κ1) is 47.7. The summed E-state index contributed by atoms with van der Waals surface area (Å²) in [6, 6.07) is 56.6. The van der Waals surface area contributed by atoms with Crippen molar-refractivity contribution in [2.45, 2.75) is 108 Å². The summed E-state index contributed by atoms with van der Waals surface area (Å²) in [6.45, 7) is 24.3. The Morgan fingerprint density at radius 1 is 0.527 bits per heavy atom. The van der Waals surface area contributed by atoms with E-state index in [0.717, 1.165) is 69.9 Å². The minimum absolute atomic E-state index is 0.528. The van der Waals surface area contributed by atoms with Crippen LogP contribution >= 0.6 is 0 Å². The predicted molar refractivity (Wildman–Crippen MR) is 310 cm³/mol. The van der Waals surface area contributed by atoms with E-state index in [-0.39, 0.29) is 0 Å². The molecule has 0 saturated carbocycles. The van der Waals surface area contributed by atoms with Crippen molar-refractivity contribution in [2.24, 2.45) is 29.1 Å². The number of para-hydroxylation sites is 4. The molecule has 0 N–H and O–H groups in total. The van der Waals surface area contributed by atoms with Crippen LogP contribution in [0.2, 0.25) is 0 Å². The summed E-state index contributed by atoms with van der Waals surface area (Å²) in [5.74, 6) is 4.14. The van der Waals surface area contributed by atoms with E-state index in [1.807, 2.05) is 45.0 Å². The van der Waals surface area contributed by atoms with Crippen LogP contribution in [0.5, 0.6) is 11.5 Å². The lowest BCUT2D eigenvalue weighted by Crippen LogP contribution is -2.31. The Bertz CT molecular complexity index is 3590. The lowest BCUT2D eigenvalue weighted by molar-refractivity contribution is -0.571. The van der Waals surface area contributed by atoms with Crippen molar-refractivity contribution in [2.75, 3.05) is 0 Å². The van der Waals surface area contributed by atoms with E-state index in [1.165, 1.54) is 44.5 Å². The molecule has 0 spiro atoms. The quantitative estimate of drug-likeness (QED) is 0.0714. The topological polar surface area (TPSA) is 35.9 Å². The maximum atomic E-state index is 9.09. The Morgan fingerprint density at radius 3 is 1.66 bits per heavy atom. The number of benzene rings is 7. The van der Waals surface area contributed by atoms with Gasteiger partial charge in [0.15, 0.2) is 0 Å². The number of nitrogens with zero attached hydrogens (tertiary/aromatic N) is 4. The highest BCUT2D eigenvalue weighted by Gasteiger charge is 2.23. The Morgan fingerprint density at radius 2 is 1.07 bits per heavy atom. The number of hydrogen-bond acceptors (Lipinski definition) is 2. The highest BCUT2D eigenvalue weighted by molar-refractivity contribution is 6.09. The van der Waals surface area contributed by atoms with Crippen molar-refractivity contribution in [3.05, 3.63) is 198 Å². The van der Waals surface area contributed by atoms with Gasteiger partial charge in [-0.15, -0.1) is 0 Å². The van der Waals surface area contributed by atoms with Gasteiger partial charge in [-0.3, -0.25) is 13.7 Å². The molecular weight excluding hydrogens is 901 g/mol. The number of imidazole rings is 1. The van der Waals surface area contributed by atoms with E-state index < -0.39 is 11.8 Å². The molecule has 74 heavy (non-hydrogen) atoms. The monoisotopic (exact) mass is 977 g/mol. The predicted octanol–water partition coefficient (Wildman–Crippen LogP) is 17.7. The maximum Gasteiger partial charge on any atom is 0.269 e. The van der Waals surface area contributed by atoms with E-state index in [9.17, 15) is 0 Å². The van der Waals surface area contributed by atoms with Crippen molar-refractivity contribution in [3.63, 3.8) is 0 Å². The molecule has 0 amide bonds. The summed E-state index contributed by atoms with van der Waals surface area (Å²) in [7, 11) is 0. The molecule has 10 aromatic rings. The molecule has 0 unspecified atom stereocenters. The van der Waals surface area contributed by atoms with Crippen molar-refractivity contribution >= 4 is 32.8 Å². The van der Waals surface area contributed by atoms with Crippen molar-refractivity contribution in [1.82, 2.24) is 14.1 Å². The number of aromatic nitrogens is 4. The Hall–Kier alpha value is -7.24. The smallest absolute Gasteiger partial charge is 0.269 e. The van der Waals surface area contributed by atoms with Crippen molar-refractivity contribution in [1.29, 1.82) is 0 Å². The molecule has 0 atom stereocenters. The zero-order chi connectivity index (χ0) is 53.6. The van der Waals surface area contributed by atoms with Crippen LogP contribution in [0, 0.1) is 35.4 Å². The zero-order valence-electron chi connectivity index (χ0n) is 47.4. The van der Waals surface area contributed by atoms with Crippen molar-refractivity contribution in [3.8, 4) is 50.9 Å². The average molecular weight is 977 g/mol. The van der Waals surface area contributed by atoms with Crippen molar-refractivity contribution < 1.29 is 12.0 Å². The minimum Gasteiger partial charge on any atom is -0.458 e. The number of rotatable bonds is 16. The van der Waals surface area contributed by atoms with Crippen LogP contribution < -0.4 is 9.30 Å². The van der Waals surface area contributed by atoms with Gasteiger partial charge in [0.05, 0.1) is 33.4 Å². The third-order valence-corrected chi connectivity index (χ3v) is 13.6. The molecule has 3 heterocycles. The number of fused-ring (bicyclic) bond motifs is 4. The largest absolute Gasteiger partial charge is 0.458 e. The number of pyridine rings is 1. The summed E-state index contributed by atoms with van der Waals surface area (Å²) in [4.78, 5) is 4.83. The normalized spacial score (nSPS) is 12.8. The zero-order valence-corrected chi connectivity index (χ0v) is 45.4. The molecule has 10 rings (SSSR count). The molecule has 0 saturated heterocycles. The molecule has 0 aliphatic heterocycles. The van der Waals surface area contributed by atoms with Crippen LogP contribution in [0.15, 0.2) is 164 Å². The molecule has 5 nitrogen and oxygen atoms in total. The summed E-state index contributed by atoms with van der Waals surface area (Å²) < 4.78 is 31.6. The van der Waals surface area contributed by atoms with E-state index >= 15 is 0 Å². The Balaban J connectivity index is 1.12. The van der Waals surface area contributed by atoms with Crippen LogP contribution in [0.3, 0.4) is 0 Å². The van der Waals surface area contributed by atoms with Crippen LogP contribution in [-0.2, 0) is 32.1 Å². The summed E-state index contributed by atoms with van der Waals surface area (Å²) in [6.07, 6.45) is 8.15. The van der Waals surface area contributed by atoms with Gasteiger partial charge < -0.3 is 4.74 Å².